The van der Waals surface area contributed by atoms with Crippen LogP contribution < -0.4 is 15.4 Å². The molecule has 5 nitrogen and oxygen atoms in total. The van der Waals surface area contributed by atoms with E-state index in [1.807, 2.05) is 42.5 Å². The Labute approximate surface area is 167 Å². The predicted octanol–water partition coefficient (Wildman–Crippen LogP) is 5.02. The van der Waals surface area contributed by atoms with Crippen LogP contribution in [0.15, 0.2) is 60.7 Å². The summed E-state index contributed by atoms with van der Waals surface area (Å²) in [6.45, 7) is 3.81. The van der Waals surface area contributed by atoms with Crippen LogP contribution in [0.1, 0.15) is 25.3 Å². The summed E-state index contributed by atoms with van der Waals surface area (Å²) in [5.74, 6) is 2.40. The zero-order valence-electron chi connectivity index (χ0n) is 16.6. The van der Waals surface area contributed by atoms with Gasteiger partial charge in [-0.05, 0) is 24.5 Å². The summed E-state index contributed by atoms with van der Waals surface area (Å²) in [5, 5.41) is 6.78. The van der Waals surface area contributed by atoms with Crippen molar-refractivity contribution in [3.63, 3.8) is 0 Å². The fraction of sp³-hybridized carbons (Fsp3) is 0.304. The van der Waals surface area contributed by atoms with E-state index in [9.17, 15) is 0 Å². The van der Waals surface area contributed by atoms with Crippen molar-refractivity contribution in [3.05, 3.63) is 66.2 Å². The minimum atomic E-state index is 0.662. The van der Waals surface area contributed by atoms with Crippen molar-refractivity contribution < 1.29 is 4.74 Å². The second-order valence-electron chi connectivity index (χ2n) is 6.60. The van der Waals surface area contributed by atoms with Gasteiger partial charge in [-0.15, -0.1) is 0 Å². The molecule has 0 atom stereocenters. The molecule has 2 N–H and O–H groups in total. The van der Waals surface area contributed by atoms with Crippen LogP contribution >= 0.6 is 0 Å². The highest BCUT2D eigenvalue weighted by Crippen LogP contribution is 2.22. The predicted molar refractivity (Wildman–Crippen MR) is 116 cm³/mol. The number of anilines is 2. The summed E-state index contributed by atoms with van der Waals surface area (Å²) in [6, 6.07) is 20.3. The van der Waals surface area contributed by atoms with Crippen molar-refractivity contribution in [2.24, 2.45) is 0 Å². The average molecular weight is 377 g/mol. The number of methoxy groups -OCH3 is 1. The van der Waals surface area contributed by atoms with Crippen LogP contribution in [0.3, 0.4) is 0 Å². The Hall–Kier alpha value is -3.08. The molecule has 5 heteroatoms. The number of ether oxygens (including phenoxy) is 1. The monoisotopic (exact) mass is 376 g/mol. The van der Waals surface area contributed by atoms with Crippen molar-refractivity contribution in [1.29, 1.82) is 0 Å². The Morgan fingerprint density at radius 3 is 2.46 bits per heavy atom. The van der Waals surface area contributed by atoms with E-state index in [2.05, 4.69) is 45.7 Å². The SMILES string of the molecule is CCCCNc1nc(NCCc2ccccc2OC)cc(-c2ccccc2)n1. The van der Waals surface area contributed by atoms with Crippen LogP contribution in [-0.2, 0) is 6.42 Å². The van der Waals surface area contributed by atoms with E-state index in [0.717, 1.165) is 55.2 Å². The second-order valence-corrected chi connectivity index (χ2v) is 6.60. The lowest BCUT2D eigenvalue weighted by Crippen LogP contribution is -2.11. The fourth-order valence-electron chi connectivity index (χ4n) is 2.99. The molecule has 0 unspecified atom stereocenters. The maximum absolute atomic E-state index is 5.44. The summed E-state index contributed by atoms with van der Waals surface area (Å²) in [4.78, 5) is 9.33. The summed E-state index contributed by atoms with van der Waals surface area (Å²) in [7, 11) is 1.71. The first kappa shape index (κ1) is 19.7. The minimum Gasteiger partial charge on any atom is -0.496 e. The van der Waals surface area contributed by atoms with Crippen LogP contribution in [0.5, 0.6) is 5.75 Å². The first-order chi connectivity index (χ1) is 13.8. The minimum absolute atomic E-state index is 0.662. The molecule has 3 aromatic rings. The van der Waals surface area contributed by atoms with Gasteiger partial charge in [0.1, 0.15) is 11.6 Å². The number of aromatic nitrogens is 2. The Kier molecular flexibility index (Phi) is 7.24. The van der Waals surface area contributed by atoms with Crippen LogP contribution in [-0.4, -0.2) is 30.2 Å². The number of hydrogen-bond acceptors (Lipinski definition) is 5. The molecule has 3 rings (SSSR count). The number of benzene rings is 2. The van der Waals surface area contributed by atoms with Gasteiger partial charge in [0.25, 0.3) is 0 Å². The molecule has 0 aliphatic heterocycles. The quantitative estimate of drug-likeness (QED) is 0.487. The number of para-hydroxylation sites is 1. The summed E-state index contributed by atoms with van der Waals surface area (Å²) < 4.78 is 5.44. The van der Waals surface area contributed by atoms with Crippen LogP contribution in [0.25, 0.3) is 11.3 Å². The Morgan fingerprint density at radius 2 is 1.68 bits per heavy atom. The maximum atomic E-state index is 5.44. The Morgan fingerprint density at radius 1 is 0.893 bits per heavy atom. The Balaban J connectivity index is 1.74. The molecule has 0 saturated carbocycles. The Bertz CT molecular complexity index is 867. The average Bonchev–Trinajstić information content (AvgIpc) is 2.75. The van der Waals surface area contributed by atoms with Crippen molar-refractivity contribution in [2.75, 3.05) is 30.8 Å². The van der Waals surface area contributed by atoms with Gasteiger partial charge >= 0.3 is 0 Å². The molecule has 0 saturated heterocycles. The lowest BCUT2D eigenvalue weighted by molar-refractivity contribution is 0.410. The summed E-state index contributed by atoms with van der Waals surface area (Å²) >= 11 is 0. The van der Waals surface area contributed by atoms with Gasteiger partial charge in [0.15, 0.2) is 0 Å². The highest BCUT2D eigenvalue weighted by molar-refractivity contribution is 5.64. The third kappa shape index (κ3) is 5.46. The third-order valence-corrected chi connectivity index (χ3v) is 4.50. The van der Waals surface area contributed by atoms with Gasteiger partial charge in [0.2, 0.25) is 5.95 Å². The molecular formula is C23H28N4O. The molecule has 1 aromatic heterocycles. The number of rotatable bonds is 10. The van der Waals surface area contributed by atoms with Gasteiger partial charge in [-0.1, -0.05) is 61.9 Å². The van der Waals surface area contributed by atoms with Crippen molar-refractivity contribution in [1.82, 2.24) is 9.97 Å². The van der Waals surface area contributed by atoms with E-state index < -0.39 is 0 Å². The first-order valence-corrected chi connectivity index (χ1v) is 9.84. The molecule has 146 valence electrons. The molecule has 0 spiro atoms. The number of hydrogen-bond donors (Lipinski definition) is 2. The molecule has 2 aromatic carbocycles. The van der Waals surface area contributed by atoms with E-state index in [0.29, 0.717) is 5.95 Å². The van der Waals surface area contributed by atoms with E-state index in [1.165, 1.54) is 5.56 Å². The molecule has 0 bridgehead atoms. The second kappa shape index (κ2) is 10.3. The molecule has 0 aliphatic carbocycles. The fourth-order valence-corrected chi connectivity index (χ4v) is 2.99. The van der Waals surface area contributed by atoms with E-state index in [4.69, 9.17) is 4.74 Å². The standard InChI is InChI=1S/C23H28N4O/c1-3-4-15-25-23-26-20(18-10-6-5-7-11-18)17-22(27-23)24-16-14-19-12-8-9-13-21(19)28-2/h5-13,17H,3-4,14-16H2,1-2H3,(H2,24,25,26,27). The molecule has 28 heavy (non-hydrogen) atoms. The smallest absolute Gasteiger partial charge is 0.225 e. The van der Waals surface area contributed by atoms with Gasteiger partial charge in [-0.2, -0.15) is 4.98 Å². The largest absolute Gasteiger partial charge is 0.496 e. The normalized spacial score (nSPS) is 10.5. The van der Waals surface area contributed by atoms with Crippen molar-refractivity contribution in [2.45, 2.75) is 26.2 Å². The molecule has 1 heterocycles. The lowest BCUT2D eigenvalue weighted by atomic mass is 10.1. The zero-order chi connectivity index (χ0) is 19.6. The molecule has 0 radical (unpaired) electrons. The topological polar surface area (TPSA) is 59.1 Å². The van der Waals surface area contributed by atoms with Crippen LogP contribution in [0.4, 0.5) is 11.8 Å². The van der Waals surface area contributed by atoms with Gasteiger partial charge in [0.05, 0.1) is 12.8 Å². The van der Waals surface area contributed by atoms with Crippen LogP contribution in [0.2, 0.25) is 0 Å². The number of nitrogens with one attached hydrogen (secondary N) is 2. The third-order valence-electron chi connectivity index (χ3n) is 4.50. The molecule has 0 amide bonds. The van der Waals surface area contributed by atoms with Gasteiger partial charge in [-0.3, -0.25) is 0 Å². The first-order valence-electron chi connectivity index (χ1n) is 9.84. The van der Waals surface area contributed by atoms with E-state index >= 15 is 0 Å². The number of nitrogens with zero attached hydrogens (tertiary/aromatic N) is 2. The molecule has 0 aliphatic rings. The van der Waals surface area contributed by atoms with E-state index in [1.54, 1.807) is 7.11 Å². The van der Waals surface area contributed by atoms with Crippen molar-refractivity contribution >= 4 is 11.8 Å². The molecule has 0 fully saturated rings. The van der Waals surface area contributed by atoms with Gasteiger partial charge in [0, 0.05) is 24.7 Å². The lowest BCUT2D eigenvalue weighted by Gasteiger charge is -2.12. The number of unbranched alkanes of at least 4 members (excludes halogenated alkanes) is 1. The van der Waals surface area contributed by atoms with Gasteiger partial charge < -0.3 is 15.4 Å². The maximum Gasteiger partial charge on any atom is 0.225 e. The van der Waals surface area contributed by atoms with Crippen LogP contribution in [0, 0.1) is 0 Å². The van der Waals surface area contributed by atoms with E-state index in [-0.39, 0.29) is 0 Å². The van der Waals surface area contributed by atoms with Gasteiger partial charge in [-0.25, -0.2) is 4.98 Å². The summed E-state index contributed by atoms with van der Waals surface area (Å²) in [5.41, 5.74) is 3.17. The highest BCUT2D eigenvalue weighted by atomic mass is 16.5. The summed E-state index contributed by atoms with van der Waals surface area (Å²) in [6.07, 6.45) is 3.08. The zero-order valence-corrected chi connectivity index (χ0v) is 16.6. The highest BCUT2D eigenvalue weighted by Gasteiger charge is 2.07. The molecular weight excluding hydrogens is 348 g/mol. The van der Waals surface area contributed by atoms with Crippen molar-refractivity contribution in [3.8, 4) is 17.0 Å².